The zero-order valence-corrected chi connectivity index (χ0v) is 10.3. The number of aromatic nitrogens is 1. The third-order valence-corrected chi connectivity index (χ3v) is 3.15. The maximum Gasteiger partial charge on any atom is 0.239 e. The van der Waals surface area contributed by atoms with Crippen molar-refractivity contribution in [2.24, 2.45) is 5.73 Å². The van der Waals surface area contributed by atoms with Crippen LogP contribution in [-0.2, 0) is 9.53 Å². The molecule has 0 aromatic carbocycles. The first kappa shape index (κ1) is 13.1. The lowest BCUT2D eigenvalue weighted by Crippen LogP contribution is -2.44. The Morgan fingerprint density at radius 2 is 2.50 bits per heavy atom. The van der Waals surface area contributed by atoms with Gasteiger partial charge in [-0.2, -0.15) is 0 Å². The fourth-order valence-corrected chi connectivity index (χ4v) is 1.90. The highest BCUT2D eigenvalue weighted by Crippen LogP contribution is 2.16. The maximum absolute atomic E-state index is 11.5. The summed E-state index contributed by atoms with van der Waals surface area (Å²) in [5.74, 6) is 0.0175. The summed E-state index contributed by atoms with van der Waals surface area (Å²) in [6.07, 6.45) is 1.76. The van der Waals surface area contributed by atoms with Crippen molar-refractivity contribution in [3.8, 4) is 0 Å². The molecule has 1 aromatic rings. The van der Waals surface area contributed by atoms with E-state index in [1.165, 1.54) is 7.11 Å². The minimum absolute atomic E-state index is 0.190. The van der Waals surface area contributed by atoms with E-state index in [1.54, 1.807) is 17.5 Å². The van der Waals surface area contributed by atoms with Crippen LogP contribution in [0.25, 0.3) is 0 Å². The summed E-state index contributed by atoms with van der Waals surface area (Å²) in [6.45, 7) is 2.79. The number of nitrogens with one attached hydrogen (secondary N) is 1. The van der Waals surface area contributed by atoms with Crippen LogP contribution in [-0.4, -0.2) is 37.2 Å². The topological polar surface area (TPSA) is 77.2 Å². The standard InChI is InChI=1S/C10H17N3O2S/c1-7(10-12-3-4-16-10)5-13-9(14)8(11)6-15-2/h3-4,7-8H,5-6,11H2,1-2H3,(H,13,14). The number of ether oxygens (including phenoxy) is 1. The number of methoxy groups -OCH3 is 1. The van der Waals surface area contributed by atoms with E-state index in [0.717, 1.165) is 5.01 Å². The molecule has 0 spiro atoms. The van der Waals surface area contributed by atoms with Gasteiger partial charge in [-0.25, -0.2) is 4.98 Å². The highest BCUT2D eigenvalue weighted by Gasteiger charge is 2.15. The third kappa shape index (κ3) is 3.88. The van der Waals surface area contributed by atoms with Crippen LogP contribution in [0.4, 0.5) is 0 Å². The first-order chi connectivity index (χ1) is 7.65. The fourth-order valence-electron chi connectivity index (χ4n) is 1.21. The molecule has 5 nitrogen and oxygen atoms in total. The molecule has 90 valence electrons. The second-order valence-electron chi connectivity index (χ2n) is 3.58. The Hall–Kier alpha value is -0.980. The molecule has 3 N–H and O–H groups in total. The van der Waals surface area contributed by atoms with Gasteiger partial charge in [0.15, 0.2) is 0 Å². The first-order valence-corrected chi connectivity index (χ1v) is 5.94. The van der Waals surface area contributed by atoms with Crippen LogP contribution in [0.2, 0.25) is 0 Å². The van der Waals surface area contributed by atoms with E-state index < -0.39 is 6.04 Å². The molecule has 1 rings (SSSR count). The summed E-state index contributed by atoms with van der Waals surface area (Å²) < 4.78 is 4.81. The van der Waals surface area contributed by atoms with Crippen molar-refractivity contribution in [1.29, 1.82) is 0 Å². The average molecular weight is 243 g/mol. The van der Waals surface area contributed by atoms with Gasteiger partial charge in [0, 0.05) is 31.1 Å². The van der Waals surface area contributed by atoms with Crippen molar-refractivity contribution in [2.45, 2.75) is 18.9 Å². The number of carbonyl (C=O) groups is 1. The van der Waals surface area contributed by atoms with Crippen molar-refractivity contribution in [3.63, 3.8) is 0 Å². The Bertz CT molecular complexity index is 316. The molecule has 0 fully saturated rings. The van der Waals surface area contributed by atoms with E-state index in [0.29, 0.717) is 6.54 Å². The SMILES string of the molecule is COCC(N)C(=O)NCC(C)c1nccs1. The van der Waals surface area contributed by atoms with Crippen molar-refractivity contribution < 1.29 is 9.53 Å². The molecule has 0 radical (unpaired) electrons. The van der Waals surface area contributed by atoms with Gasteiger partial charge in [-0.1, -0.05) is 6.92 Å². The zero-order valence-electron chi connectivity index (χ0n) is 9.47. The summed E-state index contributed by atoms with van der Waals surface area (Å²) in [6, 6.07) is -0.603. The van der Waals surface area contributed by atoms with E-state index in [9.17, 15) is 4.79 Å². The molecule has 0 saturated heterocycles. The molecule has 2 unspecified atom stereocenters. The van der Waals surface area contributed by atoms with E-state index in [4.69, 9.17) is 10.5 Å². The normalized spacial score (nSPS) is 14.4. The van der Waals surface area contributed by atoms with Crippen molar-refractivity contribution in [3.05, 3.63) is 16.6 Å². The molecular weight excluding hydrogens is 226 g/mol. The molecule has 0 saturated carbocycles. The highest BCUT2D eigenvalue weighted by molar-refractivity contribution is 7.09. The Labute approximate surface area is 99.0 Å². The minimum Gasteiger partial charge on any atom is -0.383 e. The van der Waals surface area contributed by atoms with Crippen molar-refractivity contribution in [1.82, 2.24) is 10.3 Å². The Kier molecular flexibility index (Phi) is 5.37. The maximum atomic E-state index is 11.5. The monoisotopic (exact) mass is 243 g/mol. The summed E-state index contributed by atoms with van der Waals surface area (Å²) >= 11 is 1.58. The van der Waals surface area contributed by atoms with Crippen molar-refractivity contribution in [2.75, 3.05) is 20.3 Å². The molecule has 1 aromatic heterocycles. The van der Waals surface area contributed by atoms with Crippen LogP contribution in [0.15, 0.2) is 11.6 Å². The van der Waals surface area contributed by atoms with Crippen LogP contribution in [0, 0.1) is 0 Å². The average Bonchev–Trinajstić information content (AvgIpc) is 2.79. The Morgan fingerprint density at radius 1 is 1.75 bits per heavy atom. The molecule has 16 heavy (non-hydrogen) atoms. The molecule has 0 bridgehead atoms. The molecule has 2 atom stereocenters. The van der Waals surface area contributed by atoms with Crippen LogP contribution in [0.5, 0.6) is 0 Å². The molecule has 0 aliphatic rings. The van der Waals surface area contributed by atoms with Crippen LogP contribution < -0.4 is 11.1 Å². The number of nitrogens with zero attached hydrogens (tertiary/aromatic N) is 1. The lowest BCUT2D eigenvalue weighted by atomic mass is 10.2. The van der Waals surface area contributed by atoms with Gasteiger partial charge in [0.05, 0.1) is 11.6 Å². The van der Waals surface area contributed by atoms with Crippen molar-refractivity contribution >= 4 is 17.2 Å². The molecule has 0 aliphatic carbocycles. The lowest BCUT2D eigenvalue weighted by molar-refractivity contribution is -0.123. The predicted octanol–water partition coefficient (Wildman–Crippen LogP) is 0.337. The number of carbonyl (C=O) groups excluding carboxylic acids is 1. The Balaban J connectivity index is 2.31. The van der Waals surface area contributed by atoms with Gasteiger partial charge in [-0.05, 0) is 0 Å². The summed E-state index contributed by atoms with van der Waals surface area (Å²) in [7, 11) is 1.52. The van der Waals surface area contributed by atoms with Gasteiger partial charge in [0.1, 0.15) is 6.04 Å². The highest BCUT2D eigenvalue weighted by atomic mass is 32.1. The van der Waals surface area contributed by atoms with E-state index >= 15 is 0 Å². The number of amides is 1. The number of hydrogen-bond acceptors (Lipinski definition) is 5. The molecule has 1 heterocycles. The third-order valence-electron chi connectivity index (χ3n) is 2.14. The molecule has 1 amide bonds. The van der Waals surface area contributed by atoms with E-state index in [2.05, 4.69) is 10.3 Å². The molecular formula is C10H17N3O2S. The second kappa shape index (κ2) is 6.57. The molecule has 0 aliphatic heterocycles. The number of thiazole rings is 1. The summed E-state index contributed by atoms with van der Waals surface area (Å²) in [4.78, 5) is 15.7. The number of nitrogens with two attached hydrogens (primary N) is 1. The lowest BCUT2D eigenvalue weighted by Gasteiger charge is -2.13. The number of hydrogen-bond donors (Lipinski definition) is 2. The first-order valence-electron chi connectivity index (χ1n) is 5.06. The molecule has 6 heteroatoms. The minimum atomic E-state index is -0.603. The van der Waals surface area contributed by atoms with Gasteiger partial charge in [0.2, 0.25) is 5.91 Å². The second-order valence-corrected chi connectivity index (χ2v) is 4.50. The van der Waals surface area contributed by atoms with Gasteiger partial charge in [-0.3, -0.25) is 4.79 Å². The van der Waals surface area contributed by atoms with Gasteiger partial charge in [0.25, 0.3) is 0 Å². The van der Waals surface area contributed by atoms with Gasteiger partial charge < -0.3 is 15.8 Å². The van der Waals surface area contributed by atoms with Crippen LogP contribution in [0.3, 0.4) is 0 Å². The smallest absolute Gasteiger partial charge is 0.239 e. The van der Waals surface area contributed by atoms with Gasteiger partial charge in [-0.15, -0.1) is 11.3 Å². The van der Waals surface area contributed by atoms with Gasteiger partial charge >= 0.3 is 0 Å². The summed E-state index contributed by atoms with van der Waals surface area (Å²) in [5, 5.41) is 5.71. The predicted molar refractivity (Wildman–Crippen MR) is 63.4 cm³/mol. The van der Waals surface area contributed by atoms with Crippen LogP contribution in [0.1, 0.15) is 17.8 Å². The van der Waals surface area contributed by atoms with E-state index in [-0.39, 0.29) is 18.4 Å². The van der Waals surface area contributed by atoms with E-state index in [1.807, 2.05) is 12.3 Å². The summed E-state index contributed by atoms with van der Waals surface area (Å²) in [5.41, 5.74) is 5.58. The largest absolute Gasteiger partial charge is 0.383 e. The zero-order chi connectivity index (χ0) is 12.0. The number of rotatable bonds is 6. The fraction of sp³-hybridized carbons (Fsp3) is 0.600. The van der Waals surface area contributed by atoms with Crippen LogP contribution >= 0.6 is 11.3 Å². The quantitative estimate of drug-likeness (QED) is 0.755. The Morgan fingerprint density at radius 3 is 3.06 bits per heavy atom.